The molecule has 1 aromatic carbocycles. The molecule has 114 valence electrons. The van der Waals surface area contributed by atoms with E-state index in [0.29, 0.717) is 13.2 Å². The summed E-state index contributed by atoms with van der Waals surface area (Å²) in [4.78, 5) is 32.5. The minimum atomic E-state index is -1.11. The number of benzene rings is 1. The van der Waals surface area contributed by atoms with E-state index in [9.17, 15) is 24.1 Å². The van der Waals surface area contributed by atoms with Crippen molar-refractivity contribution >= 4 is 17.5 Å². The number of hydrogen-bond acceptors (Lipinski definition) is 5. The maximum absolute atomic E-state index is 13.4. The van der Waals surface area contributed by atoms with Crippen molar-refractivity contribution in [3.8, 4) is 0 Å². The Hall–Kier alpha value is -2.55. The molecule has 0 fully saturated rings. The molecule has 0 bridgehead atoms. The third-order valence-corrected chi connectivity index (χ3v) is 2.44. The van der Waals surface area contributed by atoms with Crippen molar-refractivity contribution in [2.24, 2.45) is 0 Å². The van der Waals surface area contributed by atoms with Gasteiger partial charge in [0.2, 0.25) is 11.7 Å². The fraction of sp³-hybridized carbons (Fsp3) is 0.333. The molecule has 0 aliphatic heterocycles. The zero-order valence-electron chi connectivity index (χ0n) is 11.2. The number of nitro benzene ring substituents is 1. The molecular weight excluding hydrogens is 285 g/mol. The molecule has 0 unspecified atom stereocenters. The monoisotopic (exact) mass is 299 g/mol. The molecule has 0 saturated heterocycles. The van der Waals surface area contributed by atoms with Crippen LogP contribution in [0.15, 0.2) is 18.2 Å². The van der Waals surface area contributed by atoms with Crippen LogP contribution in [0.25, 0.3) is 0 Å². The summed E-state index contributed by atoms with van der Waals surface area (Å²) in [6, 6.07) is 2.75. The molecule has 2 N–H and O–H groups in total. The van der Waals surface area contributed by atoms with Crippen molar-refractivity contribution in [1.82, 2.24) is 10.6 Å². The van der Waals surface area contributed by atoms with Crippen molar-refractivity contribution in [3.63, 3.8) is 0 Å². The Bertz CT molecular complexity index is 550. The van der Waals surface area contributed by atoms with E-state index in [1.165, 1.54) is 7.11 Å². The van der Waals surface area contributed by atoms with Gasteiger partial charge in [0.1, 0.15) is 0 Å². The highest BCUT2D eigenvalue weighted by atomic mass is 19.1. The van der Waals surface area contributed by atoms with Gasteiger partial charge in [-0.05, 0) is 12.1 Å². The highest BCUT2D eigenvalue weighted by molar-refractivity contribution is 5.96. The number of hydrogen-bond donors (Lipinski definition) is 2. The maximum Gasteiger partial charge on any atom is 0.304 e. The summed E-state index contributed by atoms with van der Waals surface area (Å²) in [6.07, 6.45) is 0. The predicted octanol–water partition coefficient (Wildman–Crippen LogP) is 0.226. The topological polar surface area (TPSA) is 111 Å². The standard InChI is InChI=1S/C12H14FN3O5/c1-21-5-4-14-11(17)7-15-12(18)8-2-3-10(16(19)20)9(13)6-8/h2-3,6H,4-5,7H2,1H3,(H,14,17)(H,15,18). The molecule has 1 aromatic rings. The lowest BCUT2D eigenvalue weighted by molar-refractivity contribution is -0.387. The van der Waals surface area contributed by atoms with Crippen LogP contribution in [0.5, 0.6) is 0 Å². The van der Waals surface area contributed by atoms with Crippen LogP contribution in [0, 0.1) is 15.9 Å². The highest BCUT2D eigenvalue weighted by Crippen LogP contribution is 2.17. The number of amides is 2. The fourth-order valence-corrected chi connectivity index (χ4v) is 1.41. The smallest absolute Gasteiger partial charge is 0.304 e. The Labute approximate surface area is 119 Å². The van der Waals surface area contributed by atoms with Crippen LogP contribution in [0.3, 0.4) is 0 Å². The highest BCUT2D eigenvalue weighted by Gasteiger charge is 2.16. The van der Waals surface area contributed by atoms with Crippen LogP contribution in [-0.2, 0) is 9.53 Å². The molecule has 0 aliphatic rings. The minimum absolute atomic E-state index is 0.109. The first-order valence-corrected chi connectivity index (χ1v) is 5.93. The van der Waals surface area contributed by atoms with Crippen LogP contribution in [-0.4, -0.2) is 43.5 Å². The second-order valence-electron chi connectivity index (χ2n) is 3.95. The first-order valence-electron chi connectivity index (χ1n) is 5.93. The van der Waals surface area contributed by atoms with Crippen molar-refractivity contribution in [1.29, 1.82) is 0 Å². The summed E-state index contributed by atoms with van der Waals surface area (Å²) >= 11 is 0. The van der Waals surface area contributed by atoms with Gasteiger partial charge in [0.25, 0.3) is 5.91 Å². The molecule has 8 nitrogen and oxygen atoms in total. The van der Waals surface area contributed by atoms with Gasteiger partial charge in [0.05, 0.1) is 18.1 Å². The Morgan fingerprint density at radius 3 is 2.67 bits per heavy atom. The second-order valence-corrected chi connectivity index (χ2v) is 3.95. The average Bonchev–Trinajstić information content (AvgIpc) is 2.44. The van der Waals surface area contributed by atoms with Gasteiger partial charge in [-0.25, -0.2) is 0 Å². The Balaban J connectivity index is 2.54. The lowest BCUT2D eigenvalue weighted by Crippen LogP contribution is -2.38. The van der Waals surface area contributed by atoms with Crippen molar-refractivity contribution in [2.45, 2.75) is 0 Å². The largest absolute Gasteiger partial charge is 0.383 e. The summed E-state index contributed by atoms with van der Waals surface area (Å²) < 4.78 is 18.1. The summed E-state index contributed by atoms with van der Waals surface area (Å²) in [7, 11) is 1.48. The van der Waals surface area contributed by atoms with Crippen molar-refractivity contribution in [2.75, 3.05) is 26.8 Å². The Morgan fingerprint density at radius 1 is 1.38 bits per heavy atom. The quantitative estimate of drug-likeness (QED) is 0.425. The molecule has 0 atom stereocenters. The summed E-state index contributed by atoms with van der Waals surface area (Å²) in [5.74, 6) is -2.24. The normalized spacial score (nSPS) is 10.0. The number of ether oxygens (including phenoxy) is 1. The predicted molar refractivity (Wildman–Crippen MR) is 70.3 cm³/mol. The average molecular weight is 299 g/mol. The van der Waals surface area contributed by atoms with Crippen LogP contribution in [0.1, 0.15) is 10.4 Å². The third kappa shape index (κ3) is 5.15. The van der Waals surface area contributed by atoms with E-state index in [1.54, 1.807) is 0 Å². The van der Waals surface area contributed by atoms with Crippen molar-refractivity contribution in [3.05, 3.63) is 39.7 Å². The van der Waals surface area contributed by atoms with E-state index in [-0.39, 0.29) is 12.1 Å². The summed E-state index contributed by atoms with van der Waals surface area (Å²) in [6.45, 7) is 0.353. The van der Waals surface area contributed by atoms with E-state index >= 15 is 0 Å². The summed E-state index contributed by atoms with van der Waals surface area (Å²) in [5.41, 5.74) is -0.827. The molecule has 1 rings (SSSR count). The molecule has 2 amide bonds. The molecule has 0 saturated carbocycles. The van der Waals surface area contributed by atoms with Gasteiger partial charge in [0, 0.05) is 25.3 Å². The molecule has 0 aliphatic carbocycles. The van der Waals surface area contributed by atoms with E-state index in [4.69, 9.17) is 4.74 Å². The van der Waals surface area contributed by atoms with E-state index in [2.05, 4.69) is 10.6 Å². The number of rotatable bonds is 7. The molecular formula is C12H14FN3O5. The van der Waals surface area contributed by atoms with Gasteiger partial charge in [-0.3, -0.25) is 19.7 Å². The third-order valence-electron chi connectivity index (χ3n) is 2.44. The van der Waals surface area contributed by atoms with Crippen LogP contribution >= 0.6 is 0 Å². The van der Waals surface area contributed by atoms with E-state index < -0.39 is 28.2 Å². The number of halogens is 1. The first-order chi connectivity index (χ1) is 9.95. The molecule has 21 heavy (non-hydrogen) atoms. The van der Waals surface area contributed by atoms with Crippen LogP contribution in [0.4, 0.5) is 10.1 Å². The number of carbonyl (C=O) groups is 2. The van der Waals surface area contributed by atoms with Crippen LogP contribution in [0.2, 0.25) is 0 Å². The number of nitrogens with zero attached hydrogens (tertiary/aromatic N) is 1. The van der Waals surface area contributed by atoms with E-state index in [0.717, 1.165) is 18.2 Å². The second kappa shape index (κ2) is 7.90. The van der Waals surface area contributed by atoms with Crippen LogP contribution < -0.4 is 10.6 Å². The lowest BCUT2D eigenvalue weighted by Gasteiger charge is -2.06. The zero-order valence-corrected chi connectivity index (χ0v) is 11.2. The van der Waals surface area contributed by atoms with Gasteiger partial charge < -0.3 is 15.4 Å². The molecule has 9 heteroatoms. The lowest BCUT2D eigenvalue weighted by atomic mass is 10.2. The van der Waals surface area contributed by atoms with Gasteiger partial charge in [-0.2, -0.15) is 4.39 Å². The minimum Gasteiger partial charge on any atom is -0.383 e. The van der Waals surface area contributed by atoms with Gasteiger partial charge in [-0.15, -0.1) is 0 Å². The van der Waals surface area contributed by atoms with Crippen molar-refractivity contribution < 1.29 is 23.6 Å². The molecule has 0 radical (unpaired) electrons. The summed E-state index contributed by atoms with van der Waals surface area (Å²) in [5, 5.41) is 15.2. The Kier molecular flexibility index (Phi) is 6.21. The van der Waals surface area contributed by atoms with Gasteiger partial charge >= 0.3 is 5.69 Å². The molecule has 0 aromatic heterocycles. The molecule has 0 heterocycles. The fourth-order valence-electron chi connectivity index (χ4n) is 1.41. The maximum atomic E-state index is 13.4. The SMILES string of the molecule is COCCNC(=O)CNC(=O)c1ccc([N+](=O)[O-])c(F)c1. The van der Waals surface area contributed by atoms with E-state index in [1.807, 2.05) is 0 Å². The zero-order chi connectivity index (χ0) is 15.8. The first kappa shape index (κ1) is 16.5. The number of carbonyl (C=O) groups excluding carboxylic acids is 2. The molecule has 0 spiro atoms. The number of methoxy groups -OCH3 is 1. The number of nitrogens with one attached hydrogen (secondary N) is 2. The van der Waals surface area contributed by atoms with Gasteiger partial charge in [0.15, 0.2) is 0 Å². The Morgan fingerprint density at radius 2 is 2.10 bits per heavy atom. The van der Waals surface area contributed by atoms with Gasteiger partial charge in [-0.1, -0.05) is 0 Å². The number of nitro groups is 1.